The van der Waals surface area contributed by atoms with Crippen LogP contribution >= 0.6 is 0 Å². The molecule has 166 valence electrons. The van der Waals surface area contributed by atoms with Crippen LogP contribution in [-0.4, -0.2) is 42.1 Å². The zero-order valence-corrected chi connectivity index (χ0v) is 19.2. The van der Waals surface area contributed by atoms with Gasteiger partial charge in [-0.1, -0.05) is 24.3 Å². The fourth-order valence-electron chi connectivity index (χ4n) is 4.53. The zero-order chi connectivity index (χ0) is 22.7. The van der Waals surface area contributed by atoms with Gasteiger partial charge in [0.1, 0.15) is 5.69 Å². The van der Waals surface area contributed by atoms with Gasteiger partial charge in [-0.05, 0) is 52.0 Å². The van der Waals surface area contributed by atoms with E-state index in [4.69, 9.17) is 4.74 Å². The van der Waals surface area contributed by atoms with Crippen molar-refractivity contribution in [1.82, 2.24) is 9.97 Å². The monoisotopic (exact) mass is 430 g/mol. The molecule has 0 N–H and O–H groups in total. The maximum absolute atomic E-state index is 12.8. The first-order valence-corrected chi connectivity index (χ1v) is 11.3. The van der Waals surface area contributed by atoms with Gasteiger partial charge >= 0.3 is 5.97 Å². The van der Waals surface area contributed by atoms with Crippen molar-refractivity contribution in [3.8, 4) is 0 Å². The summed E-state index contributed by atoms with van der Waals surface area (Å²) in [4.78, 5) is 26.2. The van der Waals surface area contributed by atoms with E-state index in [9.17, 15) is 4.79 Å². The van der Waals surface area contributed by atoms with E-state index >= 15 is 0 Å². The van der Waals surface area contributed by atoms with Crippen molar-refractivity contribution in [1.29, 1.82) is 0 Å². The van der Waals surface area contributed by atoms with E-state index in [1.807, 2.05) is 24.3 Å². The Morgan fingerprint density at radius 1 is 0.719 bits per heavy atom. The minimum absolute atomic E-state index is 0.271. The average Bonchev–Trinajstić information content (AvgIpc) is 3.15. The van der Waals surface area contributed by atoms with Crippen molar-refractivity contribution in [2.24, 2.45) is 0 Å². The van der Waals surface area contributed by atoms with Crippen molar-refractivity contribution in [2.75, 3.05) is 36.0 Å². The van der Waals surface area contributed by atoms with Crippen LogP contribution < -0.4 is 9.80 Å². The molecule has 6 heteroatoms. The van der Waals surface area contributed by atoms with E-state index in [2.05, 4.69) is 71.7 Å². The lowest BCUT2D eigenvalue weighted by Crippen LogP contribution is -2.31. The van der Waals surface area contributed by atoms with Crippen LogP contribution in [0.5, 0.6) is 0 Å². The molecule has 0 atom stereocenters. The Kier molecular flexibility index (Phi) is 6.12. The molecule has 0 unspecified atom stereocenters. The largest absolute Gasteiger partial charge is 0.438 e. The molecule has 0 saturated heterocycles. The normalized spacial score (nSPS) is 14.1. The van der Waals surface area contributed by atoms with E-state index in [0.717, 1.165) is 48.7 Å². The number of hydrogen-bond acceptors (Lipinski definition) is 6. The van der Waals surface area contributed by atoms with E-state index < -0.39 is 11.6 Å². The zero-order valence-electron chi connectivity index (χ0n) is 19.2. The fourth-order valence-corrected chi connectivity index (χ4v) is 4.53. The number of benzene rings is 2. The SMILES string of the molecule is CCN(CC)c1ccc(C2(c3ccc(N(CC)CC)cc3)OC(=O)c3nccnc32)cc1. The number of carbonyl (C=O) groups excluding carboxylic acids is 1. The van der Waals surface area contributed by atoms with Crippen LogP contribution in [0.15, 0.2) is 60.9 Å². The Morgan fingerprint density at radius 2 is 1.16 bits per heavy atom. The molecule has 0 radical (unpaired) electrons. The second-order valence-electron chi connectivity index (χ2n) is 7.76. The lowest BCUT2D eigenvalue weighted by atomic mass is 9.83. The van der Waals surface area contributed by atoms with Crippen LogP contribution in [0.1, 0.15) is 55.0 Å². The number of ether oxygens (including phenoxy) is 1. The van der Waals surface area contributed by atoms with E-state index in [1.165, 1.54) is 6.20 Å². The second kappa shape index (κ2) is 8.99. The van der Waals surface area contributed by atoms with Crippen LogP contribution in [0, 0.1) is 0 Å². The number of nitrogens with zero attached hydrogens (tertiary/aromatic N) is 4. The average molecular weight is 431 g/mol. The molecule has 6 nitrogen and oxygen atoms in total. The summed E-state index contributed by atoms with van der Waals surface area (Å²) in [6.45, 7) is 12.3. The van der Waals surface area contributed by atoms with Crippen LogP contribution in [0.4, 0.5) is 11.4 Å². The van der Waals surface area contributed by atoms with Gasteiger partial charge in [-0.3, -0.25) is 4.98 Å². The predicted molar refractivity (Wildman–Crippen MR) is 127 cm³/mol. The van der Waals surface area contributed by atoms with Gasteiger partial charge in [0.25, 0.3) is 0 Å². The number of esters is 1. The molecule has 1 aliphatic heterocycles. The van der Waals surface area contributed by atoms with Crippen LogP contribution in [0.3, 0.4) is 0 Å². The van der Waals surface area contributed by atoms with Gasteiger partial charge in [-0.2, -0.15) is 0 Å². The molecule has 0 bridgehead atoms. The Hall–Kier alpha value is -3.41. The molecule has 0 fully saturated rings. The van der Waals surface area contributed by atoms with Crippen LogP contribution in [-0.2, 0) is 10.3 Å². The molecule has 2 heterocycles. The Labute approximate surface area is 189 Å². The molecule has 2 aromatic carbocycles. The molecular weight excluding hydrogens is 400 g/mol. The fraction of sp³-hybridized carbons (Fsp3) is 0.346. The third-order valence-electron chi connectivity index (χ3n) is 6.28. The second-order valence-corrected chi connectivity index (χ2v) is 7.76. The van der Waals surface area contributed by atoms with Gasteiger partial charge in [0.05, 0.1) is 0 Å². The topological polar surface area (TPSA) is 58.6 Å². The summed E-state index contributed by atoms with van der Waals surface area (Å²) in [5.41, 5.74) is 3.67. The van der Waals surface area contributed by atoms with Crippen molar-refractivity contribution in [3.63, 3.8) is 0 Å². The number of carbonyl (C=O) groups is 1. The van der Waals surface area contributed by atoms with Crippen molar-refractivity contribution in [3.05, 3.63) is 83.4 Å². The summed E-state index contributed by atoms with van der Waals surface area (Å²) in [5.74, 6) is -0.450. The number of aromatic nitrogens is 2. The third-order valence-corrected chi connectivity index (χ3v) is 6.28. The summed E-state index contributed by atoms with van der Waals surface area (Å²) in [7, 11) is 0. The molecule has 32 heavy (non-hydrogen) atoms. The summed E-state index contributed by atoms with van der Waals surface area (Å²) < 4.78 is 6.11. The predicted octanol–water partition coefficient (Wildman–Crippen LogP) is 4.63. The molecular formula is C26H30N4O2. The van der Waals surface area contributed by atoms with Gasteiger partial charge in [0.2, 0.25) is 5.60 Å². The summed E-state index contributed by atoms with van der Waals surface area (Å²) in [5, 5.41) is 0. The van der Waals surface area contributed by atoms with E-state index in [1.54, 1.807) is 6.20 Å². The molecule has 1 aromatic heterocycles. The Bertz CT molecular complexity index is 1020. The highest BCUT2D eigenvalue weighted by molar-refractivity contribution is 5.93. The maximum atomic E-state index is 12.8. The quantitative estimate of drug-likeness (QED) is 0.486. The Morgan fingerprint density at radius 3 is 1.59 bits per heavy atom. The van der Waals surface area contributed by atoms with Gasteiger partial charge in [0, 0.05) is 61.1 Å². The first kappa shape index (κ1) is 21.8. The van der Waals surface area contributed by atoms with E-state index in [-0.39, 0.29) is 5.69 Å². The molecule has 0 amide bonds. The van der Waals surface area contributed by atoms with Gasteiger partial charge < -0.3 is 14.5 Å². The number of rotatable bonds is 8. The molecule has 0 saturated carbocycles. The van der Waals surface area contributed by atoms with Crippen LogP contribution in [0.2, 0.25) is 0 Å². The summed E-state index contributed by atoms with van der Waals surface area (Å²) in [6.07, 6.45) is 3.15. The molecule has 3 aromatic rings. The third kappa shape index (κ3) is 3.49. The van der Waals surface area contributed by atoms with Crippen molar-refractivity contribution in [2.45, 2.75) is 33.3 Å². The number of anilines is 2. The summed E-state index contributed by atoms with van der Waals surface area (Å²) >= 11 is 0. The maximum Gasteiger partial charge on any atom is 0.360 e. The minimum Gasteiger partial charge on any atom is -0.438 e. The van der Waals surface area contributed by atoms with Gasteiger partial charge in [0.15, 0.2) is 5.69 Å². The smallest absolute Gasteiger partial charge is 0.360 e. The van der Waals surface area contributed by atoms with Crippen molar-refractivity contribution < 1.29 is 9.53 Å². The number of hydrogen-bond donors (Lipinski definition) is 0. The Balaban J connectivity index is 1.86. The molecule has 0 spiro atoms. The van der Waals surface area contributed by atoms with Gasteiger partial charge in [-0.25, -0.2) is 9.78 Å². The van der Waals surface area contributed by atoms with Gasteiger partial charge in [-0.15, -0.1) is 0 Å². The number of cyclic esters (lactones) is 1. The highest BCUT2D eigenvalue weighted by atomic mass is 16.6. The molecule has 1 aliphatic rings. The molecule has 0 aliphatic carbocycles. The number of fused-ring (bicyclic) bond motifs is 1. The first-order valence-electron chi connectivity index (χ1n) is 11.3. The summed E-state index contributed by atoms with van der Waals surface area (Å²) in [6, 6.07) is 16.4. The highest BCUT2D eigenvalue weighted by Gasteiger charge is 2.51. The minimum atomic E-state index is -1.12. The molecule has 4 rings (SSSR count). The lowest BCUT2D eigenvalue weighted by molar-refractivity contribution is 0.0241. The highest BCUT2D eigenvalue weighted by Crippen LogP contribution is 2.46. The van der Waals surface area contributed by atoms with E-state index in [0.29, 0.717) is 5.69 Å². The lowest BCUT2D eigenvalue weighted by Gasteiger charge is -2.30. The first-order chi connectivity index (χ1) is 15.6. The standard InChI is InChI=1S/C26H30N4O2/c1-5-29(6-2)21-13-9-19(10-14-21)26(24-23(25(31)32-26)27-17-18-28-24)20-11-15-22(16-12-20)30(7-3)8-4/h9-18H,5-8H2,1-4H3. The van der Waals surface area contributed by atoms with Crippen molar-refractivity contribution >= 4 is 17.3 Å². The van der Waals surface area contributed by atoms with Crippen LogP contribution in [0.25, 0.3) is 0 Å².